The molecular weight excluding hydrogens is 313 g/mol. The number of hydrogen-bond donors (Lipinski definition) is 1. The Morgan fingerprint density at radius 3 is 2.71 bits per heavy atom. The molecule has 0 saturated carbocycles. The van der Waals surface area contributed by atoms with Crippen LogP contribution in [0.5, 0.6) is 0 Å². The van der Waals surface area contributed by atoms with Gasteiger partial charge in [-0.15, -0.1) is 0 Å². The third kappa shape index (κ3) is 5.06. The van der Waals surface area contributed by atoms with E-state index >= 15 is 0 Å². The molecule has 0 radical (unpaired) electrons. The first kappa shape index (κ1) is 15.9. The molecule has 114 valence electrons. The molecule has 0 spiro atoms. The molecule has 1 N–H and O–H groups in total. The molecule has 0 bridgehead atoms. The standard InChI is InChI=1S/C13H17Cl2N5O/c1-10-12(15)9-20(18-10)6-3-13(21)16-4-2-5-19-8-11(14)7-17-19/h7-9H,2-6H2,1H3,(H,16,21). The zero-order valence-electron chi connectivity index (χ0n) is 11.7. The molecule has 0 saturated heterocycles. The highest BCUT2D eigenvalue weighted by atomic mass is 35.5. The van der Waals surface area contributed by atoms with Gasteiger partial charge in [0.25, 0.3) is 0 Å². The SMILES string of the molecule is Cc1nn(CCC(=O)NCCCn2cc(Cl)cn2)cc1Cl. The number of halogens is 2. The number of hydrogen-bond acceptors (Lipinski definition) is 3. The molecular formula is C13H17Cl2N5O. The van der Waals surface area contributed by atoms with E-state index < -0.39 is 0 Å². The quantitative estimate of drug-likeness (QED) is 0.792. The lowest BCUT2D eigenvalue weighted by atomic mass is 10.3. The van der Waals surface area contributed by atoms with Gasteiger partial charge < -0.3 is 5.32 Å². The maximum Gasteiger partial charge on any atom is 0.221 e. The van der Waals surface area contributed by atoms with Crippen LogP contribution in [0.2, 0.25) is 10.0 Å². The van der Waals surface area contributed by atoms with E-state index in [1.165, 1.54) is 0 Å². The summed E-state index contributed by atoms with van der Waals surface area (Å²) in [6, 6.07) is 0. The van der Waals surface area contributed by atoms with Crippen LogP contribution in [-0.2, 0) is 17.9 Å². The number of nitrogens with one attached hydrogen (secondary N) is 1. The second-order valence-electron chi connectivity index (χ2n) is 4.70. The molecule has 2 aromatic heterocycles. The largest absolute Gasteiger partial charge is 0.356 e. The van der Waals surface area contributed by atoms with Gasteiger partial charge in [-0.1, -0.05) is 23.2 Å². The van der Waals surface area contributed by atoms with Crippen molar-refractivity contribution in [2.75, 3.05) is 6.54 Å². The second kappa shape index (κ2) is 7.47. The maximum atomic E-state index is 11.7. The minimum atomic E-state index is -0.00206. The summed E-state index contributed by atoms with van der Waals surface area (Å²) in [5.74, 6) is -0.00206. The van der Waals surface area contributed by atoms with Gasteiger partial charge in [0.15, 0.2) is 0 Å². The molecule has 2 aromatic rings. The van der Waals surface area contributed by atoms with Crippen LogP contribution >= 0.6 is 23.2 Å². The van der Waals surface area contributed by atoms with Gasteiger partial charge in [0.05, 0.1) is 21.9 Å². The average Bonchev–Trinajstić information content (AvgIpc) is 2.99. The van der Waals surface area contributed by atoms with Gasteiger partial charge in [0.2, 0.25) is 5.91 Å². The summed E-state index contributed by atoms with van der Waals surface area (Å²) in [6.07, 6.45) is 6.26. The van der Waals surface area contributed by atoms with Gasteiger partial charge in [0, 0.05) is 38.4 Å². The lowest BCUT2D eigenvalue weighted by molar-refractivity contribution is -0.121. The van der Waals surface area contributed by atoms with E-state index in [1.54, 1.807) is 28.0 Å². The van der Waals surface area contributed by atoms with Crippen molar-refractivity contribution in [2.45, 2.75) is 32.9 Å². The van der Waals surface area contributed by atoms with Crippen LogP contribution in [-0.4, -0.2) is 32.0 Å². The maximum absolute atomic E-state index is 11.7. The Balaban J connectivity index is 1.61. The summed E-state index contributed by atoms with van der Waals surface area (Å²) in [6.45, 7) is 3.69. The van der Waals surface area contributed by atoms with E-state index in [0.29, 0.717) is 29.6 Å². The van der Waals surface area contributed by atoms with Crippen molar-refractivity contribution in [1.29, 1.82) is 0 Å². The molecule has 0 aliphatic heterocycles. The third-order valence-corrected chi connectivity index (χ3v) is 3.51. The number of amides is 1. The van der Waals surface area contributed by atoms with E-state index in [-0.39, 0.29) is 5.91 Å². The van der Waals surface area contributed by atoms with Crippen molar-refractivity contribution < 1.29 is 4.79 Å². The minimum absolute atomic E-state index is 0.00206. The first-order valence-electron chi connectivity index (χ1n) is 6.69. The summed E-state index contributed by atoms with van der Waals surface area (Å²) >= 11 is 11.7. The zero-order valence-corrected chi connectivity index (χ0v) is 13.2. The molecule has 0 fully saturated rings. The highest BCUT2D eigenvalue weighted by Crippen LogP contribution is 2.12. The van der Waals surface area contributed by atoms with Crippen LogP contribution < -0.4 is 5.32 Å². The fourth-order valence-electron chi connectivity index (χ4n) is 1.84. The molecule has 2 heterocycles. The summed E-state index contributed by atoms with van der Waals surface area (Å²) in [4.78, 5) is 11.7. The summed E-state index contributed by atoms with van der Waals surface area (Å²) in [5.41, 5.74) is 0.773. The van der Waals surface area contributed by atoms with Gasteiger partial charge >= 0.3 is 0 Å². The fraction of sp³-hybridized carbons (Fsp3) is 0.462. The van der Waals surface area contributed by atoms with Crippen LogP contribution in [0.1, 0.15) is 18.5 Å². The number of carbonyl (C=O) groups excluding carboxylic acids is 1. The van der Waals surface area contributed by atoms with Gasteiger partial charge in [-0.3, -0.25) is 14.2 Å². The Labute approximate surface area is 133 Å². The van der Waals surface area contributed by atoms with E-state index in [0.717, 1.165) is 18.7 Å². The normalized spacial score (nSPS) is 10.8. The van der Waals surface area contributed by atoms with Crippen molar-refractivity contribution in [1.82, 2.24) is 24.9 Å². The van der Waals surface area contributed by atoms with Crippen LogP contribution in [0.4, 0.5) is 0 Å². The number of rotatable bonds is 7. The molecule has 1 amide bonds. The monoisotopic (exact) mass is 329 g/mol. The summed E-state index contributed by atoms with van der Waals surface area (Å²) in [7, 11) is 0. The molecule has 21 heavy (non-hydrogen) atoms. The molecule has 0 aliphatic carbocycles. The number of aryl methyl sites for hydroxylation is 3. The van der Waals surface area contributed by atoms with Crippen molar-refractivity contribution >= 4 is 29.1 Å². The van der Waals surface area contributed by atoms with Crippen molar-refractivity contribution in [3.05, 3.63) is 34.3 Å². The molecule has 2 rings (SSSR count). The predicted octanol–water partition coefficient (Wildman–Crippen LogP) is 2.29. The van der Waals surface area contributed by atoms with Crippen LogP contribution in [0, 0.1) is 6.92 Å². The number of carbonyl (C=O) groups is 1. The van der Waals surface area contributed by atoms with Gasteiger partial charge in [-0.2, -0.15) is 10.2 Å². The first-order valence-corrected chi connectivity index (χ1v) is 7.44. The van der Waals surface area contributed by atoms with Crippen LogP contribution in [0.15, 0.2) is 18.6 Å². The fourth-order valence-corrected chi connectivity index (χ4v) is 2.15. The lowest BCUT2D eigenvalue weighted by Crippen LogP contribution is -2.26. The first-order chi connectivity index (χ1) is 10.0. The van der Waals surface area contributed by atoms with Gasteiger partial charge in [-0.25, -0.2) is 0 Å². The van der Waals surface area contributed by atoms with Gasteiger partial charge in [-0.05, 0) is 13.3 Å². The molecule has 0 aromatic carbocycles. The van der Waals surface area contributed by atoms with Crippen LogP contribution in [0.3, 0.4) is 0 Å². The summed E-state index contributed by atoms with van der Waals surface area (Å²) in [5, 5.41) is 12.4. The Kier molecular flexibility index (Phi) is 5.64. The van der Waals surface area contributed by atoms with Gasteiger partial charge in [0.1, 0.15) is 0 Å². The molecule has 0 aliphatic rings. The van der Waals surface area contributed by atoms with Crippen molar-refractivity contribution in [2.24, 2.45) is 0 Å². The van der Waals surface area contributed by atoms with Crippen molar-refractivity contribution in [3.63, 3.8) is 0 Å². The summed E-state index contributed by atoms with van der Waals surface area (Å²) < 4.78 is 3.44. The lowest BCUT2D eigenvalue weighted by Gasteiger charge is -2.05. The molecule has 8 heteroatoms. The minimum Gasteiger partial charge on any atom is -0.356 e. The average molecular weight is 330 g/mol. The van der Waals surface area contributed by atoms with E-state index in [1.807, 2.05) is 6.92 Å². The van der Waals surface area contributed by atoms with Crippen molar-refractivity contribution in [3.8, 4) is 0 Å². The topological polar surface area (TPSA) is 64.7 Å². The highest BCUT2D eigenvalue weighted by molar-refractivity contribution is 6.31. The van der Waals surface area contributed by atoms with E-state index in [9.17, 15) is 4.79 Å². The Hall–Kier alpha value is -1.53. The smallest absolute Gasteiger partial charge is 0.221 e. The Bertz CT molecular complexity index is 588. The van der Waals surface area contributed by atoms with E-state index in [2.05, 4.69) is 15.5 Å². The molecule has 0 unspecified atom stereocenters. The predicted molar refractivity (Wildman–Crippen MR) is 81.5 cm³/mol. The number of aromatic nitrogens is 4. The Morgan fingerprint density at radius 1 is 1.29 bits per heavy atom. The molecule has 6 nitrogen and oxygen atoms in total. The third-order valence-electron chi connectivity index (χ3n) is 2.94. The van der Waals surface area contributed by atoms with E-state index in [4.69, 9.17) is 23.2 Å². The number of nitrogens with zero attached hydrogens (tertiary/aromatic N) is 4. The van der Waals surface area contributed by atoms with Crippen LogP contribution in [0.25, 0.3) is 0 Å². The Morgan fingerprint density at radius 2 is 2.10 bits per heavy atom. The highest BCUT2D eigenvalue weighted by Gasteiger charge is 2.05. The zero-order chi connectivity index (χ0) is 15.2. The molecule has 0 atom stereocenters. The second-order valence-corrected chi connectivity index (χ2v) is 5.54.